The van der Waals surface area contributed by atoms with Crippen molar-refractivity contribution < 1.29 is 8.42 Å². The molecule has 20 heavy (non-hydrogen) atoms. The molecule has 0 radical (unpaired) electrons. The summed E-state index contributed by atoms with van der Waals surface area (Å²) in [4.78, 5) is 0.259. The molecule has 2 rings (SSSR count). The van der Waals surface area contributed by atoms with Crippen molar-refractivity contribution in [3.05, 3.63) is 27.2 Å². The summed E-state index contributed by atoms with van der Waals surface area (Å²) < 4.78 is 27.8. The Bertz CT molecular complexity index is 608. The fourth-order valence-electron chi connectivity index (χ4n) is 2.77. The average Bonchev–Trinajstić information content (AvgIpc) is 2.32. The summed E-state index contributed by atoms with van der Waals surface area (Å²) in [6.07, 6.45) is 1.07. The third-order valence-electron chi connectivity index (χ3n) is 3.67. The molecule has 0 saturated carbocycles. The number of piperidine rings is 1. The number of halogens is 2. The van der Waals surface area contributed by atoms with Gasteiger partial charge in [0, 0.05) is 22.6 Å². The number of sulfonamides is 1. The zero-order valence-corrected chi connectivity index (χ0v) is 15.0. The molecule has 0 bridgehead atoms. The molecule has 2 atom stereocenters. The van der Waals surface area contributed by atoms with E-state index in [4.69, 9.17) is 11.6 Å². The van der Waals surface area contributed by atoms with Crippen molar-refractivity contribution in [2.24, 2.45) is 11.8 Å². The van der Waals surface area contributed by atoms with E-state index in [1.807, 2.05) is 6.92 Å². The predicted octanol–water partition coefficient (Wildman–Crippen LogP) is 4.08. The van der Waals surface area contributed by atoms with Crippen LogP contribution in [0.1, 0.15) is 25.8 Å². The second-order valence-electron chi connectivity index (χ2n) is 5.80. The molecule has 0 N–H and O–H groups in total. The van der Waals surface area contributed by atoms with Crippen LogP contribution in [0, 0.1) is 18.8 Å². The van der Waals surface area contributed by atoms with E-state index < -0.39 is 10.0 Å². The third-order valence-corrected chi connectivity index (χ3v) is 6.86. The van der Waals surface area contributed by atoms with Crippen LogP contribution < -0.4 is 0 Å². The highest BCUT2D eigenvalue weighted by Crippen LogP contribution is 2.33. The van der Waals surface area contributed by atoms with Gasteiger partial charge in [-0.15, -0.1) is 0 Å². The minimum atomic E-state index is -3.50. The highest BCUT2D eigenvalue weighted by molar-refractivity contribution is 9.10. The van der Waals surface area contributed by atoms with Gasteiger partial charge in [-0.3, -0.25) is 0 Å². The molecular formula is C14H19BrClNO2S. The number of benzene rings is 1. The first-order valence-electron chi connectivity index (χ1n) is 6.67. The normalized spacial score (nSPS) is 24.9. The molecule has 1 fully saturated rings. The van der Waals surface area contributed by atoms with Crippen LogP contribution in [0.2, 0.25) is 5.02 Å². The maximum atomic E-state index is 12.8. The van der Waals surface area contributed by atoms with Crippen molar-refractivity contribution in [2.75, 3.05) is 13.1 Å². The average molecular weight is 381 g/mol. The van der Waals surface area contributed by atoms with E-state index in [2.05, 4.69) is 29.8 Å². The largest absolute Gasteiger partial charge is 0.244 e. The van der Waals surface area contributed by atoms with Gasteiger partial charge < -0.3 is 0 Å². The van der Waals surface area contributed by atoms with Gasteiger partial charge in [0.05, 0.1) is 4.90 Å². The van der Waals surface area contributed by atoms with Gasteiger partial charge in [0.15, 0.2) is 0 Å². The number of rotatable bonds is 2. The fourth-order valence-corrected chi connectivity index (χ4v) is 5.82. The van der Waals surface area contributed by atoms with E-state index in [0.29, 0.717) is 34.4 Å². The maximum Gasteiger partial charge on any atom is 0.244 e. The first-order chi connectivity index (χ1) is 9.21. The standard InChI is InChI=1S/C14H19BrClNO2S/c1-9-4-10(2)8-17(7-9)20(18,19)14-6-13(16)11(3)5-12(14)15/h5-6,9-10H,4,7-8H2,1-3H3/t9-,10-/m0/s1. The Kier molecular flexibility index (Phi) is 4.84. The summed E-state index contributed by atoms with van der Waals surface area (Å²) >= 11 is 9.43. The second-order valence-corrected chi connectivity index (χ2v) is 8.97. The van der Waals surface area contributed by atoms with E-state index in [9.17, 15) is 8.42 Å². The van der Waals surface area contributed by atoms with Gasteiger partial charge in [0.25, 0.3) is 0 Å². The van der Waals surface area contributed by atoms with Crippen molar-refractivity contribution in [3.63, 3.8) is 0 Å². The van der Waals surface area contributed by atoms with Crippen LogP contribution >= 0.6 is 27.5 Å². The molecular weight excluding hydrogens is 362 g/mol. The Balaban J connectivity index is 2.42. The number of hydrogen-bond acceptors (Lipinski definition) is 2. The quantitative estimate of drug-likeness (QED) is 0.775. The lowest BCUT2D eigenvalue weighted by molar-refractivity contribution is 0.222. The monoisotopic (exact) mass is 379 g/mol. The van der Waals surface area contributed by atoms with Gasteiger partial charge in [-0.25, -0.2) is 8.42 Å². The minimum absolute atomic E-state index is 0.259. The lowest BCUT2D eigenvalue weighted by atomic mass is 9.94. The smallest absolute Gasteiger partial charge is 0.207 e. The van der Waals surface area contributed by atoms with Crippen LogP contribution in [-0.4, -0.2) is 25.8 Å². The molecule has 1 aromatic rings. The Labute approximate surface area is 134 Å². The Morgan fingerprint density at radius 2 is 1.80 bits per heavy atom. The topological polar surface area (TPSA) is 37.4 Å². The maximum absolute atomic E-state index is 12.8. The van der Waals surface area contributed by atoms with Gasteiger partial charge in [0.1, 0.15) is 0 Å². The number of aryl methyl sites for hydroxylation is 1. The first kappa shape index (κ1) is 16.3. The molecule has 0 amide bonds. The van der Waals surface area contributed by atoms with Crippen molar-refractivity contribution in [1.29, 1.82) is 0 Å². The Morgan fingerprint density at radius 1 is 1.25 bits per heavy atom. The van der Waals surface area contributed by atoms with E-state index in [0.717, 1.165) is 12.0 Å². The molecule has 1 saturated heterocycles. The minimum Gasteiger partial charge on any atom is -0.207 e. The zero-order valence-electron chi connectivity index (χ0n) is 11.9. The highest BCUT2D eigenvalue weighted by Gasteiger charge is 2.33. The van der Waals surface area contributed by atoms with E-state index in [1.54, 1.807) is 16.4 Å². The lowest BCUT2D eigenvalue weighted by Crippen LogP contribution is -2.42. The third kappa shape index (κ3) is 3.21. The summed E-state index contributed by atoms with van der Waals surface area (Å²) in [7, 11) is -3.50. The molecule has 1 aliphatic rings. The van der Waals surface area contributed by atoms with Gasteiger partial charge in [-0.2, -0.15) is 4.31 Å². The zero-order chi connectivity index (χ0) is 15.1. The van der Waals surface area contributed by atoms with Crippen LogP contribution in [0.4, 0.5) is 0 Å². The van der Waals surface area contributed by atoms with Gasteiger partial charge in [0.2, 0.25) is 10.0 Å². The molecule has 0 aliphatic carbocycles. The van der Waals surface area contributed by atoms with Crippen LogP contribution in [0.5, 0.6) is 0 Å². The van der Waals surface area contributed by atoms with Gasteiger partial charge >= 0.3 is 0 Å². The SMILES string of the molecule is Cc1cc(Br)c(S(=O)(=O)N2C[C@@H](C)C[C@H](C)C2)cc1Cl. The van der Waals surface area contributed by atoms with Crippen molar-refractivity contribution >= 4 is 37.6 Å². The molecule has 3 nitrogen and oxygen atoms in total. The number of nitrogens with zero attached hydrogens (tertiary/aromatic N) is 1. The highest BCUT2D eigenvalue weighted by atomic mass is 79.9. The van der Waals surface area contributed by atoms with Crippen LogP contribution in [0.15, 0.2) is 21.5 Å². The summed E-state index contributed by atoms with van der Waals surface area (Å²) in [5.74, 6) is 0.765. The first-order valence-corrected chi connectivity index (χ1v) is 9.28. The van der Waals surface area contributed by atoms with Crippen molar-refractivity contribution in [2.45, 2.75) is 32.1 Å². The molecule has 1 aliphatic heterocycles. The number of hydrogen-bond donors (Lipinski definition) is 0. The van der Waals surface area contributed by atoms with Crippen molar-refractivity contribution in [1.82, 2.24) is 4.31 Å². The summed E-state index contributed by atoms with van der Waals surface area (Å²) in [6, 6.07) is 3.30. The van der Waals surface area contributed by atoms with E-state index >= 15 is 0 Å². The molecule has 6 heteroatoms. The summed E-state index contributed by atoms with van der Waals surface area (Å²) in [6.45, 7) is 7.19. The van der Waals surface area contributed by atoms with Crippen LogP contribution in [-0.2, 0) is 10.0 Å². The Hall–Kier alpha value is -0.100. The summed E-state index contributed by atoms with van der Waals surface area (Å²) in [5, 5.41) is 0.477. The van der Waals surface area contributed by atoms with E-state index in [-0.39, 0.29) is 4.90 Å². The molecule has 112 valence electrons. The van der Waals surface area contributed by atoms with Crippen LogP contribution in [0.3, 0.4) is 0 Å². The molecule has 1 aromatic carbocycles. The summed E-state index contributed by atoms with van der Waals surface area (Å²) in [5.41, 5.74) is 0.859. The molecule has 0 unspecified atom stereocenters. The van der Waals surface area contributed by atoms with E-state index in [1.165, 1.54) is 0 Å². The molecule has 0 aromatic heterocycles. The van der Waals surface area contributed by atoms with Gasteiger partial charge in [-0.05, 0) is 58.8 Å². The molecule has 0 spiro atoms. The second kappa shape index (κ2) is 5.95. The van der Waals surface area contributed by atoms with Gasteiger partial charge in [-0.1, -0.05) is 25.4 Å². The van der Waals surface area contributed by atoms with Crippen molar-refractivity contribution in [3.8, 4) is 0 Å². The predicted molar refractivity (Wildman–Crippen MR) is 85.6 cm³/mol. The fraction of sp³-hybridized carbons (Fsp3) is 0.571. The van der Waals surface area contributed by atoms with Crippen LogP contribution in [0.25, 0.3) is 0 Å². The molecule has 1 heterocycles. The Morgan fingerprint density at radius 3 is 2.35 bits per heavy atom. The lowest BCUT2D eigenvalue weighted by Gasteiger charge is -2.34.